The summed E-state index contributed by atoms with van der Waals surface area (Å²) in [6, 6.07) is 12.0. The highest BCUT2D eigenvalue weighted by molar-refractivity contribution is 9.10. The van der Waals surface area contributed by atoms with Crippen LogP contribution in [0.1, 0.15) is 17.3 Å². The number of nitrogens with one attached hydrogen (secondary N) is 2. The Morgan fingerprint density at radius 2 is 1.83 bits per heavy atom. The normalized spacial score (nSPS) is 11.4. The summed E-state index contributed by atoms with van der Waals surface area (Å²) in [4.78, 5) is 23.7. The van der Waals surface area contributed by atoms with Crippen molar-refractivity contribution < 1.29 is 18.7 Å². The van der Waals surface area contributed by atoms with E-state index in [0.29, 0.717) is 5.75 Å². The van der Waals surface area contributed by atoms with Crippen LogP contribution in [0.25, 0.3) is 0 Å². The van der Waals surface area contributed by atoms with Crippen LogP contribution in [0.2, 0.25) is 0 Å². The quantitative estimate of drug-likeness (QED) is 0.801. The average molecular weight is 381 g/mol. The smallest absolute Gasteiger partial charge is 0.279 e. The van der Waals surface area contributed by atoms with Crippen LogP contribution in [0.15, 0.2) is 53.0 Å². The Bertz CT molecular complexity index is 707. The first-order valence-electron chi connectivity index (χ1n) is 6.73. The Balaban J connectivity index is 1.86. The predicted octanol–water partition coefficient (Wildman–Crippen LogP) is 2.82. The number of carbonyl (C=O) groups excluding carboxylic acids is 2. The lowest BCUT2D eigenvalue weighted by atomic mass is 10.2. The summed E-state index contributed by atoms with van der Waals surface area (Å²) >= 11 is 3.31. The summed E-state index contributed by atoms with van der Waals surface area (Å²) in [7, 11) is 0. The highest BCUT2D eigenvalue weighted by Crippen LogP contribution is 2.18. The second-order valence-electron chi connectivity index (χ2n) is 4.67. The maximum Gasteiger partial charge on any atom is 0.279 e. The third-order valence-corrected chi connectivity index (χ3v) is 3.38. The van der Waals surface area contributed by atoms with Crippen LogP contribution >= 0.6 is 15.9 Å². The molecule has 0 fully saturated rings. The van der Waals surface area contributed by atoms with E-state index in [1.807, 2.05) is 6.07 Å². The molecule has 2 aromatic rings. The van der Waals surface area contributed by atoms with Gasteiger partial charge in [0.1, 0.15) is 11.6 Å². The van der Waals surface area contributed by atoms with E-state index in [4.69, 9.17) is 4.74 Å². The van der Waals surface area contributed by atoms with Crippen molar-refractivity contribution in [3.05, 3.63) is 64.4 Å². The zero-order valence-electron chi connectivity index (χ0n) is 12.2. The molecule has 7 heteroatoms. The SMILES string of the molecule is C[C@H](Oc1cccc(Br)c1)C(=O)NNC(=O)c1ccc(F)cc1. The lowest BCUT2D eigenvalue weighted by Crippen LogP contribution is -2.47. The molecule has 0 heterocycles. The largest absolute Gasteiger partial charge is 0.481 e. The van der Waals surface area contributed by atoms with Crippen molar-refractivity contribution in [1.82, 2.24) is 10.9 Å². The van der Waals surface area contributed by atoms with E-state index in [1.165, 1.54) is 12.1 Å². The molecule has 0 aliphatic carbocycles. The zero-order valence-corrected chi connectivity index (χ0v) is 13.8. The van der Waals surface area contributed by atoms with Gasteiger partial charge >= 0.3 is 0 Å². The summed E-state index contributed by atoms with van der Waals surface area (Å²) in [5.74, 6) is -0.984. The minimum absolute atomic E-state index is 0.229. The molecular formula is C16H14BrFN2O3. The molecule has 5 nitrogen and oxygen atoms in total. The minimum atomic E-state index is -0.808. The first kappa shape index (κ1) is 17.0. The molecule has 0 aliphatic heterocycles. The second kappa shape index (κ2) is 7.73. The molecule has 2 amide bonds. The maximum atomic E-state index is 12.8. The average Bonchev–Trinajstić information content (AvgIpc) is 2.53. The van der Waals surface area contributed by atoms with Crippen molar-refractivity contribution in [2.24, 2.45) is 0 Å². The molecule has 0 radical (unpaired) electrons. The second-order valence-corrected chi connectivity index (χ2v) is 5.58. The van der Waals surface area contributed by atoms with E-state index in [2.05, 4.69) is 26.8 Å². The van der Waals surface area contributed by atoms with Gasteiger partial charge in [0.2, 0.25) is 0 Å². The molecule has 2 N–H and O–H groups in total. The number of hydrogen-bond donors (Lipinski definition) is 2. The highest BCUT2D eigenvalue weighted by atomic mass is 79.9. The fourth-order valence-electron chi connectivity index (χ4n) is 1.69. The van der Waals surface area contributed by atoms with Gasteiger partial charge in [0, 0.05) is 10.0 Å². The van der Waals surface area contributed by atoms with Crippen LogP contribution in [0.5, 0.6) is 5.75 Å². The molecule has 120 valence electrons. The van der Waals surface area contributed by atoms with Crippen LogP contribution in [0.3, 0.4) is 0 Å². The monoisotopic (exact) mass is 380 g/mol. The van der Waals surface area contributed by atoms with Gasteiger partial charge in [-0.15, -0.1) is 0 Å². The molecule has 2 aromatic carbocycles. The summed E-state index contributed by atoms with van der Waals surface area (Å²) in [6.45, 7) is 1.56. The minimum Gasteiger partial charge on any atom is -0.481 e. The van der Waals surface area contributed by atoms with Crippen LogP contribution in [-0.4, -0.2) is 17.9 Å². The van der Waals surface area contributed by atoms with Crippen LogP contribution < -0.4 is 15.6 Å². The molecule has 0 unspecified atom stereocenters. The van der Waals surface area contributed by atoms with E-state index in [1.54, 1.807) is 25.1 Å². The van der Waals surface area contributed by atoms with E-state index in [0.717, 1.165) is 16.6 Å². The summed E-state index contributed by atoms with van der Waals surface area (Å²) in [6.07, 6.45) is -0.808. The Morgan fingerprint density at radius 3 is 2.48 bits per heavy atom. The number of halogens is 2. The van der Waals surface area contributed by atoms with E-state index < -0.39 is 23.7 Å². The Hall–Kier alpha value is -2.41. The van der Waals surface area contributed by atoms with Crippen molar-refractivity contribution in [3.63, 3.8) is 0 Å². The number of benzene rings is 2. The van der Waals surface area contributed by atoms with Gasteiger partial charge in [-0.2, -0.15) is 0 Å². The van der Waals surface area contributed by atoms with Crippen molar-refractivity contribution in [1.29, 1.82) is 0 Å². The van der Waals surface area contributed by atoms with Crippen LogP contribution in [0.4, 0.5) is 4.39 Å². The Morgan fingerprint density at radius 1 is 1.13 bits per heavy atom. The van der Waals surface area contributed by atoms with Crippen molar-refractivity contribution in [3.8, 4) is 5.75 Å². The van der Waals surface area contributed by atoms with E-state index >= 15 is 0 Å². The van der Waals surface area contributed by atoms with E-state index in [9.17, 15) is 14.0 Å². The molecule has 0 aliphatic rings. The lowest BCUT2D eigenvalue weighted by molar-refractivity contribution is -0.128. The van der Waals surface area contributed by atoms with Crippen LogP contribution in [-0.2, 0) is 4.79 Å². The van der Waals surface area contributed by atoms with Gasteiger partial charge in [0.25, 0.3) is 11.8 Å². The third-order valence-electron chi connectivity index (χ3n) is 2.88. The lowest BCUT2D eigenvalue weighted by Gasteiger charge is -2.15. The Labute approximate surface area is 140 Å². The van der Waals surface area contributed by atoms with E-state index in [-0.39, 0.29) is 5.56 Å². The fourth-order valence-corrected chi connectivity index (χ4v) is 2.07. The fraction of sp³-hybridized carbons (Fsp3) is 0.125. The first-order chi connectivity index (χ1) is 11.0. The highest BCUT2D eigenvalue weighted by Gasteiger charge is 2.16. The number of hydrazine groups is 1. The molecule has 1 atom stereocenters. The number of ether oxygens (including phenoxy) is 1. The summed E-state index contributed by atoms with van der Waals surface area (Å²) in [5, 5.41) is 0. The molecular weight excluding hydrogens is 367 g/mol. The van der Waals surface area contributed by atoms with Crippen molar-refractivity contribution in [2.45, 2.75) is 13.0 Å². The van der Waals surface area contributed by atoms with Gasteiger partial charge in [-0.1, -0.05) is 22.0 Å². The van der Waals surface area contributed by atoms with Gasteiger partial charge in [0.15, 0.2) is 6.10 Å². The van der Waals surface area contributed by atoms with Gasteiger partial charge in [0.05, 0.1) is 0 Å². The summed E-state index contributed by atoms with van der Waals surface area (Å²) in [5.41, 5.74) is 4.74. The molecule has 2 rings (SSSR count). The number of rotatable bonds is 4. The van der Waals surface area contributed by atoms with Gasteiger partial charge in [-0.25, -0.2) is 4.39 Å². The number of amides is 2. The Kier molecular flexibility index (Phi) is 5.70. The molecule has 0 saturated heterocycles. The topological polar surface area (TPSA) is 67.4 Å². The third kappa shape index (κ3) is 5.07. The molecule has 0 spiro atoms. The number of carbonyl (C=O) groups is 2. The predicted molar refractivity (Wildman–Crippen MR) is 86.2 cm³/mol. The van der Waals surface area contributed by atoms with Gasteiger partial charge in [-0.05, 0) is 49.4 Å². The zero-order chi connectivity index (χ0) is 16.8. The maximum absolute atomic E-state index is 12.8. The first-order valence-corrected chi connectivity index (χ1v) is 7.53. The molecule has 23 heavy (non-hydrogen) atoms. The molecule has 0 aromatic heterocycles. The van der Waals surface area contributed by atoms with Crippen molar-refractivity contribution in [2.75, 3.05) is 0 Å². The van der Waals surface area contributed by atoms with Gasteiger partial charge < -0.3 is 4.74 Å². The van der Waals surface area contributed by atoms with Crippen LogP contribution in [0, 0.1) is 5.82 Å². The van der Waals surface area contributed by atoms with Gasteiger partial charge in [-0.3, -0.25) is 20.4 Å². The standard InChI is InChI=1S/C16H14BrFN2O3/c1-10(23-14-4-2-3-12(17)9-14)15(21)19-20-16(22)11-5-7-13(18)8-6-11/h2-10H,1H3,(H,19,21)(H,20,22)/t10-/m0/s1. The molecule has 0 saturated carbocycles. The number of hydrogen-bond acceptors (Lipinski definition) is 3. The van der Waals surface area contributed by atoms with Crippen molar-refractivity contribution >= 4 is 27.7 Å². The molecule has 0 bridgehead atoms. The summed E-state index contributed by atoms with van der Waals surface area (Å²) < 4.78 is 19.1.